The van der Waals surface area contributed by atoms with Gasteiger partial charge in [-0.25, -0.2) is 0 Å². The van der Waals surface area contributed by atoms with Crippen molar-refractivity contribution in [3.8, 4) is 40.2 Å². The normalized spacial score (nSPS) is 22.4. The van der Waals surface area contributed by atoms with E-state index >= 15 is 0 Å². The molecule has 9 nitrogen and oxygen atoms in total. The van der Waals surface area contributed by atoms with Crippen molar-refractivity contribution in [1.82, 2.24) is 0 Å². The summed E-state index contributed by atoms with van der Waals surface area (Å²) in [7, 11) is 3.01. The van der Waals surface area contributed by atoms with Crippen LogP contribution in [0.25, 0.3) is 0 Å². The molecule has 0 bridgehead atoms. The van der Waals surface area contributed by atoms with Crippen LogP contribution in [0, 0.1) is 6.92 Å². The first kappa shape index (κ1) is 23.9. The molecule has 36 heavy (non-hydrogen) atoms. The minimum absolute atomic E-state index is 0.0329. The van der Waals surface area contributed by atoms with E-state index in [-0.39, 0.29) is 35.4 Å². The Balaban J connectivity index is 1.50. The second-order valence-electron chi connectivity index (χ2n) is 8.93. The number of phenolic OH excluding ortho intramolecular Hbond substituents is 2. The Morgan fingerprint density at radius 2 is 1.58 bits per heavy atom. The molecule has 0 aromatic heterocycles. The lowest BCUT2D eigenvalue weighted by molar-refractivity contribution is -0.0151. The molecule has 190 valence electrons. The summed E-state index contributed by atoms with van der Waals surface area (Å²) >= 11 is 0. The lowest BCUT2D eigenvalue weighted by Crippen LogP contribution is -2.36. The summed E-state index contributed by atoms with van der Waals surface area (Å²) in [6.07, 6.45) is -2.94. The van der Waals surface area contributed by atoms with Gasteiger partial charge in [0, 0.05) is 23.1 Å². The number of aryl methyl sites for hydroxylation is 1. The van der Waals surface area contributed by atoms with Crippen molar-refractivity contribution in [3.63, 3.8) is 0 Å². The minimum atomic E-state index is -0.904. The number of rotatable bonds is 5. The predicted molar refractivity (Wildman–Crippen MR) is 128 cm³/mol. The highest BCUT2D eigenvalue weighted by Gasteiger charge is 2.38. The van der Waals surface area contributed by atoms with Crippen LogP contribution in [0.3, 0.4) is 0 Å². The van der Waals surface area contributed by atoms with Crippen molar-refractivity contribution in [2.75, 3.05) is 20.8 Å². The van der Waals surface area contributed by atoms with E-state index in [0.29, 0.717) is 29.0 Å². The SMILES string of the molecule is COc1cc(C2Oc3cc(C4Oc5cc(C)cc(OC)c5CC4O)cc(O)c3OC2CO)ccc1O. The van der Waals surface area contributed by atoms with E-state index in [2.05, 4.69) is 0 Å². The number of hydrogen-bond donors (Lipinski definition) is 4. The third-order valence-corrected chi connectivity index (χ3v) is 6.51. The zero-order chi connectivity index (χ0) is 25.6. The molecule has 4 unspecified atom stereocenters. The van der Waals surface area contributed by atoms with Crippen LogP contribution in [0.4, 0.5) is 0 Å². The number of hydrogen-bond acceptors (Lipinski definition) is 9. The fraction of sp³-hybridized carbons (Fsp3) is 0.333. The van der Waals surface area contributed by atoms with Crippen molar-refractivity contribution in [2.24, 2.45) is 0 Å². The second kappa shape index (κ2) is 9.33. The van der Waals surface area contributed by atoms with Gasteiger partial charge in [0.25, 0.3) is 0 Å². The Bertz CT molecular complexity index is 1290. The van der Waals surface area contributed by atoms with Gasteiger partial charge in [-0.15, -0.1) is 0 Å². The molecule has 0 fully saturated rings. The van der Waals surface area contributed by atoms with E-state index in [0.717, 1.165) is 11.1 Å². The molecule has 2 aliphatic rings. The largest absolute Gasteiger partial charge is 0.504 e. The Morgan fingerprint density at radius 1 is 0.833 bits per heavy atom. The molecule has 0 radical (unpaired) electrons. The summed E-state index contributed by atoms with van der Waals surface area (Å²) in [5.41, 5.74) is 2.83. The van der Waals surface area contributed by atoms with Gasteiger partial charge < -0.3 is 44.1 Å². The lowest BCUT2D eigenvalue weighted by Gasteiger charge is -2.35. The molecule has 0 saturated carbocycles. The van der Waals surface area contributed by atoms with Gasteiger partial charge in [-0.05, 0) is 48.9 Å². The van der Waals surface area contributed by atoms with Crippen molar-refractivity contribution < 1.29 is 44.1 Å². The first-order valence-corrected chi connectivity index (χ1v) is 11.5. The van der Waals surface area contributed by atoms with Gasteiger partial charge in [0.05, 0.1) is 26.9 Å². The van der Waals surface area contributed by atoms with Crippen LogP contribution >= 0.6 is 0 Å². The first-order valence-electron chi connectivity index (χ1n) is 11.5. The standard InChI is InChI=1S/C27H28O9/c1-13-6-20(32-2)16-11-19(31)25(34-21(16)7-13)15-8-18(30)27-23(10-15)35-26(24(12-28)36-27)14-4-5-17(29)22(9-14)33-3/h4-10,19,24-26,28-31H,11-12H2,1-3H3. The smallest absolute Gasteiger partial charge is 0.203 e. The molecule has 3 aromatic rings. The quantitative estimate of drug-likeness (QED) is 0.421. The molecule has 2 heterocycles. The van der Waals surface area contributed by atoms with Crippen LogP contribution in [0.2, 0.25) is 0 Å². The third kappa shape index (κ3) is 4.10. The average molecular weight is 497 g/mol. The van der Waals surface area contributed by atoms with Crippen molar-refractivity contribution >= 4 is 0 Å². The monoisotopic (exact) mass is 496 g/mol. The number of benzene rings is 3. The Labute approximate surface area is 208 Å². The molecule has 4 atom stereocenters. The van der Waals surface area contributed by atoms with Gasteiger partial charge in [-0.3, -0.25) is 0 Å². The third-order valence-electron chi connectivity index (χ3n) is 6.51. The molecule has 4 N–H and O–H groups in total. The molecule has 0 saturated heterocycles. The topological polar surface area (TPSA) is 127 Å². The molecule has 0 amide bonds. The van der Waals surface area contributed by atoms with E-state index < -0.39 is 24.4 Å². The summed E-state index contributed by atoms with van der Waals surface area (Å²) in [6.45, 7) is 1.55. The fourth-order valence-corrected chi connectivity index (χ4v) is 4.75. The van der Waals surface area contributed by atoms with E-state index in [9.17, 15) is 20.4 Å². The summed E-state index contributed by atoms with van der Waals surface area (Å²) in [5, 5.41) is 41.6. The highest BCUT2D eigenvalue weighted by molar-refractivity contribution is 5.56. The van der Waals surface area contributed by atoms with E-state index in [1.165, 1.54) is 19.2 Å². The average Bonchev–Trinajstić information content (AvgIpc) is 2.87. The van der Waals surface area contributed by atoms with Crippen LogP contribution in [0.5, 0.6) is 40.2 Å². The number of phenols is 2. The number of ether oxygens (including phenoxy) is 5. The Kier molecular flexibility index (Phi) is 6.19. The molecule has 3 aromatic carbocycles. The molecule has 0 aliphatic carbocycles. The highest BCUT2D eigenvalue weighted by Crippen LogP contribution is 2.49. The maximum atomic E-state index is 10.9. The first-order chi connectivity index (χ1) is 17.3. The van der Waals surface area contributed by atoms with Crippen LogP contribution in [-0.4, -0.2) is 53.5 Å². The molecule has 2 aliphatic heterocycles. The zero-order valence-electron chi connectivity index (χ0n) is 20.1. The molecule has 0 spiro atoms. The Hall–Kier alpha value is -3.82. The van der Waals surface area contributed by atoms with Crippen LogP contribution in [0.15, 0.2) is 42.5 Å². The summed E-state index contributed by atoms with van der Waals surface area (Å²) < 4.78 is 28.9. The maximum absolute atomic E-state index is 10.9. The fourth-order valence-electron chi connectivity index (χ4n) is 4.75. The molecule has 5 rings (SSSR count). The van der Waals surface area contributed by atoms with Gasteiger partial charge in [0.2, 0.25) is 5.75 Å². The van der Waals surface area contributed by atoms with Gasteiger partial charge >= 0.3 is 0 Å². The van der Waals surface area contributed by atoms with Gasteiger partial charge in [0.1, 0.15) is 11.5 Å². The number of aromatic hydroxyl groups is 2. The second-order valence-corrected chi connectivity index (χ2v) is 8.93. The Morgan fingerprint density at radius 3 is 2.31 bits per heavy atom. The van der Waals surface area contributed by atoms with Crippen molar-refractivity contribution in [3.05, 3.63) is 64.7 Å². The van der Waals surface area contributed by atoms with Crippen molar-refractivity contribution in [1.29, 1.82) is 0 Å². The number of aliphatic hydroxyl groups is 2. The summed E-state index contributed by atoms with van der Waals surface area (Å²) in [6, 6.07) is 11.6. The van der Waals surface area contributed by atoms with E-state index in [1.807, 2.05) is 19.1 Å². The maximum Gasteiger partial charge on any atom is 0.203 e. The number of aliphatic hydroxyl groups excluding tert-OH is 2. The molecular formula is C27H28O9. The molecular weight excluding hydrogens is 468 g/mol. The predicted octanol–water partition coefficient (Wildman–Crippen LogP) is 3.33. The highest BCUT2D eigenvalue weighted by atomic mass is 16.6. The zero-order valence-corrected chi connectivity index (χ0v) is 20.1. The van der Waals surface area contributed by atoms with Crippen molar-refractivity contribution in [2.45, 2.75) is 37.8 Å². The van der Waals surface area contributed by atoms with E-state index in [4.69, 9.17) is 23.7 Å². The van der Waals surface area contributed by atoms with Gasteiger partial charge in [-0.1, -0.05) is 6.07 Å². The number of methoxy groups -OCH3 is 2. The molecule has 9 heteroatoms. The lowest BCUT2D eigenvalue weighted by atomic mass is 9.93. The minimum Gasteiger partial charge on any atom is -0.504 e. The summed E-state index contributed by atoms with van der Waals surface area (Å²) in [5.74, 6) is 1.58. The van der Waals surface area contributed by atoms with E-state index in [1.54, 1.807) is 25.3 Å². The van der Waals surface area contributed by atoms with Crippen LogP contribution < -0.4 is 23.7 Å². The number of fused-ring (bicyclic) bond motifs is 2. The summed E-state index contributed by atoms with van der Waals surface area (Å²) in [4.78, 5) is 0. The van der Waals surface area contributed by atoms with Crippen LogP contribution in [-0.2, 0) is 6.42 Å². The van der Waals surface area contributed by atoms with Gasteiger partial charge in [0.15, 0.2) is 41.3 Å². The van der Waals surface area contributed by atoms with Gasteiger partial charge in [-0.2, -0.15) is 0 Å². The van der Waals surface area contributed by atoms with Crippen LogP contribution in [0.1, 0.15) is 34.5 Å².